The predicted molar refractivity (Wildman–Crippen MR) is 87.4 cm³/mol. The molecule has 0 radical (unpaired) electrons. The Hall–Kier alpha value is -1.97. The van der Waals surface area contributed by atoms with E-state index < -0.39 is 0 Å². The van der Waals surface area contributed by atoms with Crippen molar-refractivity contribution >= 4 is 17.2 Å². The second kappa shape index (κ2) is 5.43. The Morgan fingerprint density at radius 2 is 2.14 bits per heavy atom. The lowest BCUT2D eigenvalue weighted by Crippen LogP contribution is -2.40. The van der Waals surface area contributed by atoms with Crippen LogP contribution in [0.15, 0.2) is 34.6 Å². The van der Waals surface area contributed by atoms with Crippen molar-refractivity contribution in [1.82, 2.24) is 9.88 Å². The van der Waals surface area contributed by atoms with Crippen LogP contribution in [0.25, 0.3) is 5.70 Å². The molecule has 2 aliphatic rings. The molecule has 1 aromatic rings. The van der Waals surface area contributed by atoms with Gasteiger partial charge in [-0.25, -0.2) is 4.99 Å². The Kier molecular flexibility index (Phi) is 3.62. The summed E-state index contributed by atoms with van der Waals surface area (Å²) in [7, 11) is 0. The Bertz CT molecular complexity index is 642. The highest BCUT2D eigenvalue weighted by Gasteiger charge is 2.33. The molecule has 21 heavy (non-hydrogen) atoms. The molecule has 3 rings (SSSR count). The molecular formula is C17H22N4. The van der Waals surface area contributed by atoms with Gasteiger partial charge in [0.15, 0.2) is 0 Å². The standard InChI is InChI=1S/C17H22N4/c1-5-12(3)16-9-19-17-13(4)20-15(10-21(16)17)14-6-11(2)7-18-8-14/h6-8,10,12,16H,5,9H2,1-4H3/t12?,16-/m0/s1. The zero-order chi connectivity index (χ0) is 15.0. The minimum atomic E-state index is 0.447. The minimum Gasteiger partial charge on any atom is -0.324 e. The summed E-state index contributed by atoms with van der Waals surface area (Å²) in [4.78, 5) is 16.0. The number of rotatable bonds is 3. The molecule has 0 aromatic carbocycles. The third-order valence-electron chi connectivity index (χ3n) is 4.37. The first-order chi connectivity index (χ1) is 10.1. The van der Waals surface area contributed by atoms with E-state index in [1.54, 1.807) is 0 Å². The van der Waals surface area contributed by atoms with Crippen LogP contribution in [0.1, 0.15) is 38.3 Å². The Morgan fingerprint density at radius 3 is 2.86 bits per heavy atom. The molecule has 2 atom stereocenters. The van der Waals surface area contributed by atoms with E-state index >= 15 is 0 Å². The summed E-state index contributed by atoms with van der Waals surface area (Å²) in [5.74, 6) is 1.65. The summed E-state index contributed by atoms with van der Waals surface area (Å²) in [6, 6.07) is 2.58. The van der Waals surface area contributed by atoms with E-state index in [0.29, 0.717) is 12.0 Å². The predicted octanol–water partition coefficient (Wildman–Crippen LogP) is 3.29. The molecule has 0 saturated carbocycles. The third kappa shape index (κ3) is 2.50. The maximum atomic E-state index is 4.72. The molecule has 0 aliphatic carbocycles. The average Bonchev–Trinajstić information content (AvgIpc) is 2.91. The number of aromatic nitrogens is 1. The molecule has 0 N–H and O–H groups in total. The highest BCUT2D eigenvalue weighted by Crippen LogP contribution is 2.29. The lowest BCUT2D eigenvalue weighted by Gasteiger charge is -2.31. The Labute approximate surface area is 126 Å². The highest BCUT2D eigenvalue weighted by atomic mass is 15.3. The lowest BCUT2D eigenvalue weighted by molar-refractivity contribution is 0.319. The van der Waals surface area contributed by atoms with Gasteiger partial charge >= 0.3 is 0 Å². The van der Waals surface area contributed by atoms with E-state index in [1.165, 1.54) is 0 Å². The Morgan fingerprint density at radius 1 is 1.33 bits per heavy atom. The number of fused-ring (bicyclic) bond motifs is 1. The maximum Gasteiger partial charge on any atom is 0.149 e. The van der Waals surface area contributed by atoms with Crippen molar-refractivity contribution in [2.45, 2.75) is 40.2 Å². The van der Waals surface area contributed by atoms with Gasteiger partial charge in [0.05, 0.1) is 24.0 Å². The number of aliphatic imine (C=N–C) groups is 2. The second-order valence-electron chi connectivity index (χ2n) is 5.99. The van der Waals surface area contributed by atoms with Crippen LogP contribution in [0.3, 0.4) is 0 Å². The van der Waals surface area contributed by atoms with Crippen LogP contribution >= 0.6 is 0 Å². The molecular weight excluding hydrogens is 260 g/mol. The molecule has 0 bridgehead atoms. The van der Waals surface area contributed by atoms with Gasteiger partial charge in [0.25, 0.3) is 0 Å². The summed E-state index contributed by atoms with van der Waals surface area (Å²) in [5.41, 5.74) is 4.21. The second-order valence-corrected chi connectivity index (χ2v) is 5.99. The zero-order valence-corrected chi connectivity index (χ0v) is 13.2. The Balaban J connectivity index is 1.98. The van der Waals surface area contributed by atoms with E-state index in [4.69, 9.17) is 4.99 Å². The van der Waals surface area contributed by atoms with Crippen LogP contribution in [0, 0.1) is 12.8 Å². The first kappa shape index (κ1) is 14.0. The molecule has 2 aliphatic heterocycles. The summed E-state index contributed by atoms with van der Waals surface area (Å²) in [6.07, 6.45) is 7.06. The molecule has 1 aromatic heterocycles. The monoisotopic (exact) mass is 282 g/mol. The van der Waals surface area contributed by atoms with E-state index in [1.807, 2.05) is 19.3 Å². The van der Waals surface area contributed by atoms with Crippen molar-refractivity contribution < 1.29 is 0 Å². The van der Waals surface area contributed by atoms with Crippen molar-refractivity contribution in [2.75, 3.05) is 6.54 Å². The van der Waals surface area contributed by atoms with Crippen LogP contribution in [0.2, 0.25) is 0 Å². The van der Waals surface area contributed by atoms with E-state index in [2.05, 4.69) is 47.9 Å². The molecule has 3 heterocycles. The maximum absolute atomic E-state index is 4.72. The number of amidine groups is 1. The average molecular weight is 282 g/mol. The number of nitrogens with zero attached hydrogens (tertiary/aromatic N) is 4. The van der Waals surface area contributed by atoms with Crippen LogP contribution in [-0.2, 0) is 0 Å². The summed E-state index contributed by atoms with van der Waals surface area (Å²) < 4.78 is 0. The van der Waals surface area contributed by atoms with Crippen molar-refractivity contribution in [3.63, 3.8) is 0 Å². The van der Waals surface area contributed by atoms with Gasteiger partial charge in [-0.15, -0.1) is 0 Å². The fourth-order valence-electron chi connectivity index (χ4n) is 2.92. The van der Waals surface area contributed by atoms with E-state index in [-0.39, 0.29) is 0 Å². The molecule has 110 valence electrons. The first-order valence-electron chi connectivity index (χ1n) is 7.62. The van der Waals surface area contributed by atoms with Gasteiger partial charge in [-0.1, -0.05) is 20.3 Å². The lowest BCUT2D eigenvalue weighted by atomic mass is 9.98. The molecule has 0 saturated heterocycles. The fourth-order valence-corrected chi connectivity index (χ4v) is 2.92. The van der Waals surface area contributed by atoms with Crippen LogP contribution < -0.4 is 0 Å². The molecule has 0 spiro atoms. The third-order valence-corrected chi connectivity index (χ3v) is 4.37. The zero-order valence-electron chi connectivity index (χ0n) is 13.2. The van der Waals surface area contributed by atoms with Crippen molar-refractivity contribution in [3.8, 4) is 0 Å². The highest BCUT2D eigenvalue weighted by molar-refractivity contribution is 6.42. The van der Waals surface area contributed by atoms with E-state index in [0.717, 1.165) is 41.3 Å². The van der Waals surface area contributed by atoms with Gasteiger partial charge < -0.3 is 4.90 Å². The summed E-state index contributed by atoms with van der Waals surface area (Å²) in [6.45, 7) is 9.50. The number of hydrogen-bond acceptors (Lipinski definition) is 4. The quantitative estimate of drug-likeness (QED) is 0.853. The fraction of sp³-hybridized carbons (Fsp3) is 0.471. The van der Waals surface area contributed by atoms with Crippen molar-refractivity contribution in [1.29, 1.82) is 0 Å². The number of aryl methyl sites for hydroxylation is 1. The summed E-state index contributed by atoms with van der Waals surface area (Å²) in [5, 5.41) is 0. The van der Waals surface area contributed by atoms with E-state index in [9.17, 15) is 0 Å². The van der Waals surface area contributed by atoms with Crippen LogP contribution in [-0.4, -0.2) is 34.0 Å². The number of hydrogen-bond donors (Lipinski definition) is 0. The molecule has 4 nitrogen and oxygen atoms in total. The van der Waals surface area contributed by atoms with Crippen LogP contribution in [0.4, 0.5) is 0 Å². The van der Waals surface area contributed by atoms with Gasteiger partial charge in [0.1, 0.15) is 5.84 Å². The van der Waals surface area contributed by atoms with Gasteiger partial charge in [-0.2, -0.15) is 0 Å². The minimum absolute atomic E-state index is 0.447. The largest absolute Gasteiger partial charge is 0.324 e. The molecule has 0 amide bonds. The summed E-state index contributed by atoms with van der Waals surface area (Å²) >= 11 is 0. The van der Waals surface area contributed by atoms with Gasteiger partial charge in [0.2, 0.25) is 0 Å². The molecule has 1 unspecified atom stereocenters. The van der Waals surface area contributed by atoms with Gasteiger partial charge in [-0.3, -0.25) is 9.98 Å². The SMILES string of the molecule is CCC(C)[C@@H]1CN=C2C(C)=NC(c3cncc(C)c3)=CN21. The number of pyridine rings is 1. The topological polar surface area (TPSA) is 40.9 Å². The van der Waals surface area contributed by atoms with Gasteiger partial charge in [0, 0.05) is 24.2 Å². The van der Waals surface area contributed by atoms with Crippen molar-refractivity contribution in [2.24, 2.45) is 15.9 Å². The first-order valence-corrected chi connectivity index (χ1v) is 7.62. The molecule has 4 heteroatoms. The molecule has 0 fully saturated rings. The smallest absolute Gasteiger partial charge is 0.149 e. The normalized spacial score (nSPS) is 22.4. The van der Waals surface area contributed by atoms with Gasteiger partial charge in [-0.05, 0) is 31.4 Å². The van der Waals surface area contributed by atoms with Crippen molar-refractivity contribution in [3.05, 3.63) is 35.8 Å². The van der Waals surface area contributed by atoms with Crippen LogP contribution in [0.5, 0.6) is 0 Å².